The molecule has 4 rings (SSSR count). The van der Waals surface area contributed by atoms with Gasteiger partial charge in [-0.1, -0.05) is 91.5 Å². The van der Waals surface area contributed by atoms with Crippen molar-refractivity contribution in [3.63, 3.8) is 0 Å². The van der Waals surface area contributed by atoms with Crippen molar-refractivity contribution in [3.8, 4) is 17.1 Å². The first-order valence-electron chi connectivity index (χ1n) is 9.12. The van der Waals surface area contributed by atoms with Crippen LogP contribution in [0.5, 0.6) is 0 Å². The first-order chi connectivity index (χ1) is 13.3. The summed E-state index contributed by atoms with van der Waals surface area (Å²) in [4.78, 5) is 0. The van der Waals surface area contributed by atoms with Gasteiger partial charge >= 0.3 is 0 Å². The number of aryl methyl sites for hydroxylation is 1. The Morgan fingerprint density at radius 2 is 1.41 bits per heavy atom. The van der Waals surface area contributed by atoms with Gasteiger partial charge in [0.05, 0.1) is 0 Å². The van der Waals surface area contributed by atoms with Gasteiger partial charge in [-0.25, -0.2) is 0 Å². The first-order valence-corrected chi connectivity index (χ1v) is 10.1. The Kier molecular flexibility index (Phi) is 5.35. The molecule has 0 radical (unpaired) electrons. The largest absolute Gasteiger partial charge is 0.270 e. The number of aromatic nitrogens is 3. The molecule has 4 aromatic rings. The Hall–Kier alpha value is -2.85. The molecule has 0 aliphatic carbocycles. The lowest BCUT2D eigenvalue weighted by Gasteiger charge is -2.11. The summed E-state index contributed by atoms with van der Waals surface area (Å²) in [5.41, 5.74) is 4.76. The van der Waals surface area contributed by atoms with Crippen molar-refractivity contribution in [3.05, 3.63) is 96.1 Å². The van der Waals surface area contributed by atoms with Crippen molar-refractivity contribution >= 4 is 11.8 Å². The number of hydrogen-bond acceptors (Lipinski definition) is 3. The fourth-order valence-corrected chi connectivity index (χ4v) is 3.88. The van der Waals surface area contributed by atoms with Gasteiger partial charge in [0.15, 0.2) is 11.0 Å². The molecule has 0 unspecified atom stereocenters. The molecular formula is C23H21N3S. The quantitative estimate of drug-likeness (QED) is 0.402. The molecule has 0 atom stereocenters. The fourth-order valence-electron chi connectivity index (χ4n) is 2.97. The summed E-state index contributed by atoms with van der Waals surface area (Å²) in [5, 5.41) is 9.92. The summed E-state index contributed by atoms with van der Waals surface area (Å²) in [6.07, 6.45) is 1.03. The van der Waals surface area contributed by atoms with E-state index in [1.165, 1.54) is 11.1 Å². The molecule has 0 spiro atoms. The minimum absolute atomic E-state index is 0.862. The zero-order chi connectivity index (χ0) is 18.5. The molecule has 0 bridgehead atoms. The molecular weight excluding hydrogens is 350 g/mol. The van der Waals surface area contributed by atoms with Crippen molar-refractivity contribution in [2.75, 3.05) is 0 Å². The van der Waals surface area contributed by atoms with Crippen LogP contribution >= 0.6 is 11.8 Å². The maximum Gasteiger partial charge on any atom is 0.196 e. The number of rotatable bonds is 6. The molecule has 3 nitrogen and oxygen atoms in total. The highest BCUT2D eigenvalue weighted by Gasteiger charge is 2.16. The summed E-state index contributed by atoms with van der Waals surface area (Å²) < 4.78 is 2.16. The van der Waals surface area contributed by atoms with Crippen LogP contribution in [0, 0.1) is 0 Å². The van der Waals surface area contributed by atoms with E-state index in [4.69, 9.17) is 0 Å². The molecule has 0 amide bonds. The minimum Gasteiger partial charge on any atom is -0.270 e. The molecule has 134 valence electrons. The monoisotopic (exact) mass is 371 g/mol. The number of benzene rings is 3. The second-order valence-electron chi connectivity index (χ2n) is 6.30. The second-order valence-corrected chi connectivity index (χ2v) is 7.24. The van der Waals surface area contributed by atoms with Crippen LogP contribution in [0.2, 0.25) is 0 Å². The maximum atomic E-state index is 4.51. The SMILES string of the molecule is CCc1ccc(-n2c(SCc3ccccc3)nnc2-c2ccccc2)cc1. The van der Waals surface area contributed by atoms with E-state index in [-0.39, 0.29) is 0 Å². The van der Waals surface area contributed by atoms with Gasteiger partial charge in [0.2, 0.25) is 0 Å². The Morgan fingerprint density at radius 3 is 2.07 bits per heavy atom. The van der Waals surface area contributed by atoms with Gasteiger partial charge in [0.25, 0.3) is 0 Å². The molecule has 4 heteroatoms. The third-order valence-corrected chi connectivity index (χ3v) is 5.48. The summed E-state index contributed by atoms with van der Waals surface area (Å²) in [6.45, 7) is 2.17. The van der Waals surface area contributed by atoms with Crippen LogP contribution in [0.3, 0.4) is 0 Å². The van der Waals surface area contributed by atoms with Crippen LogP contribution in [0.1, 0.15) is 18.1 Å². The summed E-state index contributed by atoms with van der Waals surface area (Å²) >= 11 is 1.71. The van der Waals surface area contributed by atoms with Crippen LogP contribution in [-0.2, 0) is 12.2 Å². The van der Waals surface area contributed by atoms with Gasteiger partial charge in [0, 0.05) is 17.0 Å². The third-order valence-electron chi connectivity index (χ3n) is 4.48. The van der Waals surface area contributed by atoms with Crippen LogP contribution in [0.25, 0.3) is 17.1 Å². The second kappa shape index (κ2) is 8.23. The zero-order valence-corrected chi connectivity index (χ0v) is 16.1. The average molecular weight is 372 g/mol. The Bertz CT molecular complexity index is 993. The van der Waals surface area contributed by atoms with Crippen LogP contribution in [0.4, 0.5) is 0 Å². The smallest absolute Gasteiger partial charge is 0.196 e. The molecule has 0 aliphatic rings. The van der Waals surface area contributed by atoms with Gasteiger partial charge in [-0.05, 0) is 29.7 Å². The topological polar surface area (TPSA) is 30.7 Å². The summed E-state index contributed by atoms with van der Waals surface area (Å²) in [6, 6.07) is 29.4. The Balaban J connectivity index is 1.73. The van der Waals surface area contributed by atoms with Gasteiger partial charge in [-0.2, -0.15) is 0 Å². The first kappa shape index (κ1) is 17.6. The normalized spacial score (nSPS) is 10.9. The van der Waals surface area contributed by atoms with E-state index in [9.17, 15) is 0 Å². The zero-order valence-electron chi connectivity index (χ0n) is 15.2. The van der Waals surface area contributed by atoms with E-state index in [0.29, 0.717) is 0 Å². The minimum atomic E-state index is 0.862. The number of thioether (sulfide) groups is 1. The third kappa shape index (κ3) is 3.96. The van der Waals surface area contributed by atoms with Gasteiger partial charge in [-0.15, -0.1) is 10.2 Å². The molecule has 0 fully saturated rings. The predicted molar refractivity (Wildman–Crippen MR) is 112 cm³/mol. The van der Waals surface area contributed by atoms with Gasteiger partial charge < -0.3 is 0 Å². The van der Waals surface area contributed by atoms with Gasteiger partial charge in [0.1, 0.15) is 0 Å². The molecule has 0 saturated heterocycles. The molecule has 1 heterocycles. The van der Waals surface area contributed by atoms with E-state index in [0.717, 1.165) is 34.4 Å². The van der Waals surface area contributed by atoms with E-state index in [2.05, 4.69) is 82.4 Å². The van der Waals surface area contributed by atoms with Crippen LogP contribution in [-0.4, -0.2) is 14.8 Å². The molecule has 1 aromatic heterocycles. The van der Waals surface area contributed by atoms with Crippen molar-refractivity contribution in [1.82, 2.24) is 14.8 Å². The lowest BCUT2D eigenvalue weighted by Crippen LogP contribution is -2.00. The van der Waals surface area contributed by atoms with Crippen LogP contribution in [0.15, 0.2) is 90.1 Å². The van der Waals surface area contributed by atoms with E-state index >= 15 is 0 Å². The standard InChI is InChI=1S/C23H21N3S/c1-2-18-13-15-21(16-14-18)26-22(20-11-7-4-8-12-20)24-25-23(26)27-17-19-9-5-3-6-10-19/h3-16H,2,17H2,1H3. The Morgan fingerprint density at radius 1 is 0.741 bits per heavy atom. The lowest BCUT2D eigenvalue weighted by atomic mass is 10.1. The number of nitrogens with zero attached hydrogens (tertiary/aromatic N) is 3. The lowest BCUT2D eigenvalue weighted by molar-refractivity contribution is 0.885. The molecule has 0 N–H and O–H groups in total. The maximum absolute atomic E-state index is 4.51. The summed E-state index contributed by atoms with van der Waals surface area (Å²) in [5.74, 6) is 1.73. The molecule has 0 saturated carbocycles. The van der Waals surface area contributed by atoms with Crippen molar-refractivity contribution < 1.29 is 0 Å². The van der Waals surface area contributed by atoms with Crippen molar-refractivity contribution in [2.24, 2.45) is 0 Å². The van der Waals surface area contributed by atoms with E-state index in [1.807, 2.05) is 24.3 Å². The molecule has 0 aliphatic heterocycles. The van der Waals surface area contributed by atoms with E-state index < -0.39 is 0 Å². The van der Waals surface area contributed by atoms with Crippen molar-refractivity contribution in [1.29, 1.82) is 0 Å². The highest BCUT2D eigenvalue weighted by atomic mass is 32.2. The van der Waals surface area contributed by atoms with Crippen molar-refractivity contribution in [2.45, 2.75) is 24.3 Å². The van der Waals surface area contributed by atoms with Crippen LogP contribution < -0.4 is 0 Å². The predicted octanol–water partition coefficient (Wildman–Crippen LogP) is 5.79. The summed E-state index contributed by atoms with van der Waals surface area (Å²) in [7, 11) is 0. The van der Waals surface area contributed by atoms with Gasteiger partial charge in [-0.3, -0.25) is 4.57 Å². The fraction of sp³-hybridized carbons (Fsp3) is 0.130. The molecule has 27 heavy (non-hydrogen) atoms. The highest BCUT2D eigenvalue weighted by molar-refractivity contribution is 7.98. The Labute approximate surface area is 164 Å². The van der Waals surface area contributed by atoms with E-state index in [1.54, 1.807) is 11.8 Å². The molecule has 3 aromatic carbocycles. The highest BCUT2D eigenvalue weighted by Crippen LogP contribution is 2.29. The number of hydrogen-bond donors (Lipinski definition) is 0. The average Bonchev–Trinajstić information content (AvgIpc) is 3.17.